The van der Waals surface area contributed by atoms with Crippen LogP contribution in [0.4, 0.5) is 0 Å². The van der Waals surface area contributed by atoms with Gasteiger partial charge in [-0.25, -0.2) is 4.68 Å². The summed E-state index contributed by atoms with van der Waals surface area (Å²) in [5.41, 5.74) is 1.42. The summed E-state index contributed by atoms with van der Waals surface area (Å²) >= 11 is 0. The standard InChI is InChI=1S/C19H28N6/c1-14(19-21-22-23-24(19)2)20-18-10-6-9-16-12-25(13-17(16)18)11-15-7-4-3-5-8-15/h3-5,7-8,14,16-18,20H,6,9-13H2,1-2H3. The van der Waals surface area contributed by atoms with Gasteiger partial charge in [0.15, 0.2) is 5.82 Å². The van der Waals surface area contributed by atoms with Gasteiger partial charge in [0.2, 0.25) is 0 Å². The Labute approximate surface area is 149 Å². The first-order valence-corrected chi connectivity index (χ1v) is 9.45. The summed E-state index contributed by atoms with van der Waals surface area (Å²) in [4.78, 5) is 2.64. The van der Waals surface area contributed by atoms with E-state index in [0.29, 0.717) is 6.04 Å². The van der Waals surface area contributed by atoms with E-state index in [4.69, 9.17) is 0 Å². The van der Waals surface area contributed by atoms with Gasteiger partial charge in [-0.2, -0.15) is 0 Å². The van der Waals surface area contributed by atoms with Crippen LogP contribution in [-0.4, -0.2) is 44.2 Å². The Morgan fingerprint density at radius 1 is 1.20 bits per heavy atom. The van der Waals surface area contributed by atoms with Crippen molar-refractivity contribution in [2.24, 2.45) is 18.9 Å². The van der Waals surface area contributed by atoms with Crippen molar-refractivity contribution in [2.75, 3.05) is 13.1 Å². The zero-order valence-corrected chi connectivity index (χ0v) is 15.2. The van der Waals surface area contributed by atoms with Crippen molar-refractivity contribution in [2.45, 2.75) is 44.8 Å². The Bertz CT molecular complexity index is 684. The van der Waals surface area contributed by atoms with Crippen molar-refractivity contribution in [3.63, 3.8) is 0 Å². The summed E-state index contributed by atoms with van der Waals surface area (Å²) in [7, 11) is 1.91. The van der Waals surface area contributed by atoms with E-state index in [0.717, 1.165) is 24.2 Å². The van der Waals surface area contributed by atoms with Crippen LogP contribution in [0.5, 0.6) is 0 Å². The summed E-state index contributed by atoms with van der Waals surface area (Å²) in [5.74, 6) is 2.47. The lowest BCUT2D eigenvalue weighted by Gasteiger charge is -2.35. The number of aryl methyl sites for hydroxylation is 1. The van der Waals surface area contributed by atoms with Crippen molar-refractivity contribution < 1.29 is 0 Å². The van der Waals surface area contributed by atoms with Gasteiger partial charge >= 0.3 is 0 Å². The molecular formula is C19H28N6. The number of nitrogens with zero attached hydrogens (tertiary/aromatic N) is 5. The third-order valence-electron chi connectivity index (χ3n) is 5.93. The van der Waals surface area contributed by atoms with Gasteiger partial charge in [0.1, 0.15) is 0 Å². The van der Waals surface area contributed by atoms with Crippen LogP contribution in [0.2, 0.25) is 0 Å². The molecule has 4 atom stereocenters. The second-order valence-electron chi connectivity index (χ2n) is 7.69. The Balaban J connectivity index is 1.40. The topological polar surface area (TPSA) is 58.9 Å². The molecule has 2 aliphatic rings. The average Bonchev–Trinajstić information content (AvgIpc) is 3.22. The number of hydrogen-bond acceptors (Lipinski definition) is 5. The minimum absolute atomic E-state index is 0.187. The SMILES string of the molecule is CC(NC1CCCC2CN(Cc3ccccc3)CC21)c1nnnn1C. The zero-order chi connectivity index (χ0) is 17.2. The largest absolute Gasteiger partial charge is 0.304 e. The van der Waals surface area contributed by atoms with E-state index in [1.807, 2.05) is 7.05 Å². The molecule has 25 heavy (non-hydrogen) atoms. The van der Waals surface area contributed by atoms with Crippen LogP contribution in [0, 0.1) is 11.8 Å². The number of fused-ring (bicyclic) bond motifs is 1. The van der Waals surface area contributed by atoms with E-state index >= 15 is 0 Å². The molecule has 2 fully saturated rings. The number of hydrogen-bond donors (Lipinski definition) is 1. The lowest BCUT2D eigenvalue weighted by Crippen LogP contribution is -2.44. The second-order valence-corrected chi connectivity index (χ2v) is 7.69. The van der Waals surface area contributed by atoms with Gasteiger partial charge in [0, 0.05) is 32.7 Å². The summed E-state index contributed by atoms with van der Waals surface area (Å²) in [6.45, 7) is 5.67. The van der Waals surface area contributed by atoms with Gasteiger partial charge in [0.25, 0.3) is 0 Å². The summed E-state index contributed by atoms with van der Waals surface area (Å²) in [5, 5.41) is 15.7. The van der Waals surface area contributed by atoms with Crippen LogP contribution in [0.3, 0.4) is 0 Å². The van der Waals surface area contributed by atoms with Crippen LogP contribution in [0.1, 0.15) is 43.6 Å². The Kier molecular flexibility index (Phi) is 4.81. The molecule has 0 amide bonds. The molecule has 1 N–H and O–H groups in total. The van der Waals surface area contributed by atoms with E-state index in [9.17, 15) is 0 Å². The molecule has 0 spiro atoms. The summed E-state index contributed by atoms with van der Waals surface area (Å²) in [6.07, 6.45) is 3.95. The van der Waals surface area contributed by atoms with Crippen molar-refractivity contribution >= 4 is 0 Å². The van der Waals surface area contributed by atoms with Crippen LogP contribution in [0.25, 0.3) is 0 Å². The minimum Gasteiger partial charge on any atom is -0.304 e. The smallest absolute Gasteiger partial charge is 0.167 e. The molecule has 1 aromatic heterocycles. The third kappa shape index (κ3) is 3.60. The molecule has 134 valence electrons. The first-order valence-electron chi connectivity index (χ1n) is 9.45. The lowest BCUT2D eigenvalue weighted by atomic mass is 9.78. The van der Waals surface area contributed by atoms with Gasteiger partial charge in [-0.3, -0.25) is 4.90 Å². The zero-order valence-electron chi connectivity index (χ0n) is 15.2. The monoisotopic (exact) mass is 340 g/mol. The van der Waals surface area contributed by atoms with Gasteiger partial charge in [-0.05, 0) is 47.6 Å². The number of tetrazole rings is 1. The fraction of sp³-hybridized carbons (Fsp3) is 0.632. The molecule has 1 saturated heterocycles. The number of aromatic nitrogens is 4. The van der Waals surface area contributed by atoms with E-state index in [1.54, 1.807) is 4.68 Å². The highest BCUT2D eigenvalue weighted by Gasteiger charge is 2.40. The Hall–Kier alpha value is -1.79. The molecular weight excluding hydrogens is 312 g/mol. The maximum Gasteiger partial charge on any atom is 0.167 e. The number of rotatable bonds is 5. The molecule has 0 bridgehead atoms. The van der Waals surface area contributed by atoms with Gasteiger partial charge in [-0.1, -0.05) is 36.8 Å². The maximum atomic E-state index is 4.17. The molecule has 0 radical (unpaired) electrons. The summed E-state index contributed by atoms with van der Waals surface area (Å²) < 4.78 is 1.77. The molecule has 6 nitrogen and oxygen atoms in total. The Morgan fingerprint density at radius 2 is 2.04 bits per heavy atom. The molecule has 6 heteroatoms. The third-order valence-corrected chi connectivity index (χ3v) is 5.93. The highest BCUT2D eigenvalue weighted by Crippen LogP contribution is 2.37. The van der Waals surface area contributed by atoms with Crippen LogP contribution in [0.15, 0.2) is 30.3 Å². The minimum atomic E-state index is 0.187. The Morgan fingerprint density at radius 3 is 2.80 bits per heavy atom. The second kappa shape index (κ2) is 7.22. The molecule has 1 aliphatic heterocycles. The van der Waals surface area contributed by atoms with Crippen LogP contribution >= 0.6 is 0 Å². The van der Waals surface area contributed by atoms with Crippen LogP contribution in [-0.2, 0) is 13.6 Å². The highest BCUT2D eigenvalue weighted by molar-refractivity contribution is 5.15. The number of benzene rings is 1. The van der Waals surface area contributed by atoms with Crippen molar-refractivity contribution in [3.8, 4) is 0 Å². The van der Waals surface area contributed by atoms with E-state index in [-0.39, 0.29) is 6.04 Å². The lowest BCUT2D eigenvalue weighted by molar-refractivity contribution is 0.208. The van der Waals surface area contributed by atoms with Crippen molar-refractivity contribution in [1.82, 2.24) is 30.4 Å². The molecule has 1 saturated carbocycles. The predicted molar refractivity (Wildman–Crippen MR) is 96.7 cm³/mol. The predicted octanol–water partition coefficient (Wildman–Crippen LogP) is 2.16. The van der Waals surface area contributed by atoms with Gasteiger partial charge in [0.05, 0.1) is 6.04 Å². The maximum absolute atomic E-state index is 4.17. The molecule has 4 unspecified atom stereocenters. The van der Waals surface area contributed by atoms with Gasteiger partial charge in [-0.15, -0.1) is 5.10 Å². The number of likely N-dealkylation sites (tertiary alicyclic amines) is 1. The first kappa shape index (κ1) is 16.7. The van der Waals surface area contributed by atoms with Gasteiger partial charge < -0.3 is 5.32 Å². The molecule has 4 rings (SSSR count). The van der Waals surface area contributed by atoms with Crippen LogP contribution < -0.4 is 5.32 Å². The quantitative estimate of drug-likeness (QED) is 0.904. The fourth-order valence-corrected chi connectivity index (χ4v) is 4.74. The van der Waals surface area contributed by atoms with Crippen molar-refractivity contribution in [3.05, 3.63) is 41.7 Å². The molecule has 1 aromatic carbocycles. The summed E-state index contributed by atoms with van der Waals surface area (Å²) in [6, 6.07) is 11.6. The molecule has 1 aliphatic carbocycles. The van der Waals surface area contributed by atoms with E-state index < -0.39 is 0 Å². The highest BCUT2D eigenvalue weighted by atomic mass is 15.5. The van der Waals surface area contributed by atoms with E-state index in [2.05, 4.69) is 63.0 Å². The normalized spacial score (nSPS) is 28.0. The van der Waals surface area contributed by atoms with E-state index in [1.165, 1.54) is 37.9 Å². The first-order chi connectivity index (χ1) is 12.2. The number of nitrogens with one attached hydrogen (secondary N) is 1. The fourth-order valence-electron chi connectivity index (χ4n) is 4.74. The van der Waals surface area contributed by atoms with Crippen molar-refractivity contribution in [1.29, 1.82) is 0 Å². The molecule has 2 aromatic rings. The molecule has 2 heterocycles. The average molecular weight is 340 g/mol.